The van der Waals surface area contributed by atoms with Crippen LogP contribution in [0.3, 0.4) is 0 Å². The second kappa shape index (κ2) is 7.01. The molecule has 0 fully saturated rings. The normalized spacial score (nSPS) is 12.2. The SMILES string of the molecule is CCCc1ccc(NC(C)c2ccc(Cl)cc2Cl)cc1. The largest absolute Gasteiger partial charge is 0.378 e. The van der Waals surface area contributed by atoms with E-state index in [-0.39, 0.29) is 6.04 Å². The van der Waals surface area contributed by atoms with Crippen LogP contribution in [0.2, 0.25) is 10.0 Å². The summed E-state index contributed by atoms with van der Waals surface area (Å²) < 4.78 is 0. The highest BCUT2D eigenvalue weighted by Crippen LogP contribution is 2.28. The zero-order valence-electron chi connectivity index (χ0n) is 11.8. The molecular formula is C17H19Cl2N. The summed E-state index contributed by atoms with van der Waals surface area (Å²) in [5, 5.41) is 4.82. The zero-order valence-corrected chi connectivity index (χ0v) is 13.3. The van der Waals surface area contributed by atoms with Crippen molar-refractivity contribution in [3.05, 3.63) is 63.6 Å². The molecule has 20 heavy (non-hydrogen) atoms. The fraction of sp³-hybridized carbons (Fsp3) is 0.294. The number of aryl methyl sites for hydroxylation is 1. The first kappa shape index (κ1) is 15.2. The second-order valence-electron chi connectivity index (χ2n) is 4.98. The van der Waals surface area contributed by atoms with E-state index in [0.717, 1.165) is 17.7 Å². The summed E-state index contributed by atoms with van der Waals surface area (Å²) in [6.45, 7) is 4.28. The molecule has 0 amide bonds. The lowest BCUT2D eigenvalue weighted by atomic mass is 10.1. The van der Waals surface area contributed by atoms with E-state index in [1.807, 2.05) is 12.1 Å². The van der Waals surface area contributed by atoms with Gasteiger partial charge in [0.25, 0.3) is 0 Å². The molecule has 1 N–H and O–H groups in total. The van der Waals surface area contributed by atoms with Crippen molar-refractivity contribution in [1.29, 1.82) is 0 Å². The summed E-state index contributed by atoms with van der Waals surface area (Å²) >= 11 is 12.2. The minimum absolute atomic E-state index is 0.136. The van der Waals surface area contributed by atoms with Gasteiger partial charge in [0.2, 0.25) is 0 Å². The third kappa shape index (κ3) is 3.91. The molecule has 2 aromatic carbocycles. The first-order valence-electron chi connectivity index (χ1n) is 6.90. The van der Waals surface area contributed by atoms with Crippen LogP contribution in [0.25, 0.3) is 0 Å². The fourth-order valence-electron chi connectivity index (χ4n) is 2.24. The van der Waals surface area contributed by atoms with Gasteiger partial charge in [-0.2, -0.15) is 0 Å². The van der Waals surface area contributed by atoms with Crippen LogP contribution in [0.4, 0.5) is 5.69 Å². The topological polar surface area (TPSA) is 12.0 Å². The van der Waals surface area contributed by atoms with E-state index in [1.54, 1.807) is 6.07 Å². The minimum Gasteiger partial charge on any atom is -0.378 e. The van der Waals surface area contributed by atoms with Crippen molar-refractivity contribution in [3.63, 3.8) is 0 Å². The van der Waals surface area contributed by atoms with Crippen LogP contribution in [-0.2, 0) is 6.42 Å². The lowest BCUT2D eigenvalue weighted by Crippen LogP contribution is -2.07. The molecule has 1 unspecified atom stereocenters. The van der Waals surface area contributed by atoms with Crippen molar-refractivity contribution in [2.24, 2.45) is 0 Å². The monoisotopic (exact) mass is 307 g/mol. The molecular weight excluding hydrogens is 289 g/mol. The van der Waals surface area contributed by atoms with E-state index < -0.39 is 0 Å². The van der Waals surface area contributed by atoms with Gasteiger partial charge in [0.05, 0.1) is 0 Å². The van der Waals surface area contributed by atoms with Crippen molar-refractivity contribution in [1.82, 2.24) is 0 Å². The van der Waals surface area contributed by atoms with Crippen molar-refractivity contribution < 1.29 is 0 Å². The van der Waals surface area contributed by atoms with Crippen LogP contribution in [0, 0.1) is 0 Å². The molecule has 2 rings (SSSR count). The Hall–Kier alpha value is -1.18. The van der Waals surface area contributed by atoms with Gasteiger partial charge in [-0.3, -0.25) is 0 Å². The van der Waals surface area contributed by atoms with Crippen molar-refractivity contribution in [3.8, 4) is 0 Å². The molecule has 0 saturated heterocycles. The number of rotatable bonds is 5. The molecule has 0 bridgehead atoms. The first-order chi connectivity index (χ1) is 9.60. The standard InChI is InChI=1S/C17H19Cl2N/c1-3-4-13-5-8-15(9-6-13)20-12(2)16-10-7-14(18)11-17(16)19/h5-12,20H,3-4H2,1-2H3. The van der Waals surface area contributed by atoms with Crippen LogP contribution in [0.1, 0.15) is 37.4 Å². The molecule has 3 heteroatoms. The van der Waals surface area contributed by atoms with Crippen LogP contribution in [0.15, 0.2) is 42.5 Å². The quantitative estimate of drug-likeness (QED) is 0.701. The second-order valence-corrected chi connectivity index (χ2v) is 5.82. The average molecular weight is 308 g/mol. The predicted octanol–water partition coefficient (Wildman–Crippen LogP) is 6.12. The Morgan fingerprint density at radius 2 is 1.75 bits per heavy atom. The average Bonchev–Trinajstić information content (AvgIpc) is 2.41. The molecule has 0 aromatic heterocycles. The van der Waals surface area contributed by atoms with Gasteiger partial charge >= 0.3 is 0 Å². The third-order valence-electron chi connectivity index (χ3n) is 3.30. The molecule has 0 saturated carbocycles. The highest BCUT2D eigenvalue weighted by molar-refractivity contribution is 6.35. The van der Waals surface area contributed by atoms with E-state index in [2.05, 4.69) is 43.4 Å². The van der Waals surface area contributed by atoms with E-state index in [0.29, 0.717) is 10.0 Å². The van der Waals surface area contributed by atoms with E-state index >= 15 is 0 Å². The first-order valence-corrected chi connectivity index (χ1v) is 7.66. The summed E-state index contributed by atoms with van der Waals surface area (Å²) in [5.74, 6) is 0. The zero-order chi connectivity index (χ0) is 14.5. The van der Waals surface area contributed by atoms with Crippen molar-refractivity contribution >= 4 is 28.9 Å². The summed E-state index contributed by atoms with van der Waals surface area (Å²) in [6.07, 6.45) is 2.29. The molecule has 1 nitrogen and oxygen atoms in total. The molecule has 2 aromatic rings. The lowest BCUT2D eigenvalue weighted by molar-refractivity contribution is 0.883. The highest BCUT2D eigenvalue weighted by Gasteiger charge is 2.09. The smallest absolute Gasteiger partial charge is 0.0500 e. The fourth-order valence-corrected chi connectivity index (χ4v) is 2.81. The van der Waals surface area contributed by atoms with Gasteiger partial charge in [-0.05, 0) is 48.7 Å². The number of hydrogen-bond acceptors (Lipinski definition) is 1. The number of anilines is 1. The van der Waals surface area contributed by atoms with Crippen LogP contribution in [0.5, 0.6) is 0 Å². The van der Waals surface area contributed by atoms with Gasteiger partial charge in [0.1, 0.15) is 0 Å². The number of benzene rings is 2. The molecule has 0 aliphatic carbocycles. The molecule has 106 valence electrons. The minimum atomic E-state index is 0.136. The van der Waals surface area contributed by atoms with E-state index in [9.17, 15) is 0 Å². The maximum atomic E-state index is 6.23. The molecule has 0 aliphatic heterocycles. The Kier molecular flexibility index (Phi) is 5.33. The Morgan fingerprint density at radius 1 is 1.05 bits per heavy atom. The Balaban J connectivity index is 2.08. The molecule has 0 spiro atoms. The van der Waals surface area contributed by atoms with Crippen LogP contribution < -0.4 is 5.32 Å². The maximum absolute atomic E-state index is 6.23. The highest BCUT2D eigenvalue weighted by atomic mass is 35.5. The summed E-state index contributed by atoms with van der Waals surface area (Å²) in [6, 6.07) is 14.3. The molecule has 0 radical (unpaired) electrons. The van der Waals surface area contributed by atoms with E-state index in [1.165, 1.54) is 12.0 Å². The predicted molar refractivity (Wildman–Crippen MR) is 88.9 cm³/mol. The molecule has 0 heterocycles. The maximum Gasteiger partial charge on any atom is 0.0500 e. The van der Waals surface area contributed by atoms with Gasteiger partial charge in [-0.25, -0.2) is 0 Å². The van der Waals surface area contributed by atoms with Gasteiger partial charge in [-0.15, -0.1) is 0 Å². The van der Waals surface area contributed by atoms with Gasteiger partial charge in [0, 0.05) is 21.8 Å². The van der Waals surface area contributed by atoms with Crippen LogP contribution in [-0.4, -0.2) is 0 Å². The Bertz CT molecular complexity index is 564. The lowest BCUT2D eigenvalue weighted by Gasteiger charge is -2.17. The molecule has 0 aliphatic rings. The third-order valence-corrected chi connectivity index (χ3v) is 3.87. The van der Waals surface area contributed by atoms with Gasteiger partial charge in [0.15, 0.2) is 0 Å². The Labute approximate surface area is 130 Å². The summed E-state index contributed by atoms with van der Waals surface area (Å²) in [7, 11) is 0. The van der Waals surface area contributed by atoms with Crippen LogP contribution >= 0.6 is 23.2 Å². The van der Waals surface area contributed by atoms with Gasteiger partial charge < -0.3 is 5.32 Å². The Morgan fingerprint density at radius 3 is 2.35 bits per heavy atom. The summed E-state index contributed by atoms with van der Waals surface area (Å²) in [5.41, 5.74) is 3.52. The number of hydrogen-bond donors (Lipinski definition) is 1. The number of halogens is 2. The van der Waals surface area contributed by atoms with Crippen molar-refractivity contribution in [2.45, 2.75) is 32.7 Å². The summed E-state index contributed by atoms with van der Waals surface area (Å²) in [4.78, 5) is 0. The molecule has 1 atom stereocenters. The van der Waals surface area contributed by atoms with Gasteiger partial charge in [-0.1, -0.05) is 54.7 Å². The van der Waals surface area contributed by atoms with E-state index in [4.69, 9.17) is 23.2 Å². The number of nitrogens with one attached hydrogen (secondary N) is 1. The van der Waals surface area contributed by atoms with Crippen molar-refractivity contribution in [2.75, 3.05) is 5.32 Å².